The predicted octanol–water partition coefficient (Wildman–Crippen LogP) is 4.59. The first kappa shape index (κ1) is 19.6. The van der Waals surface area contributed by atoms with Gasteiger partial charge in [0.15, 0.2) is 0 Å². The molecule has 0 saturated heterocycles. The van der Waals surface area contributed by atoms with Crippen LogP contribution in [-0.2, 0) is 6.54 Å². The van der Waals surface area contributed by atoms with E-state index in [0.717, 1.165) is 22.5 Å². The summed E-state index contributed by atoms with van der Waals surface area (Å²) in [6.07, 6.45) is 1.59. The van der Waals surface area contributed by atoms with Crippen LogP contribution >= 0.6 is 0 Å². The van der Waals surface area contributed by atoms with Gasteiger partial charge in [0, 0.05) is 18.3 Å². The summed E-state index contributed by atoms with van der Waals surface area (Å²) in [5, 5.41) is 11.8. The summed E-state index contributed by atoms with van der Waals surface area (Å²) in [5.41, 5.74) is 11.4. The van der Waals surface area contributed by atoms with Crippen LogP contribution in [0.2, 0.25) is 0 Å². The molecule has 0 bridgehead atoms. The Morgan fingerprint density at radius 1 is 1.10 bits per heavy atom. The third-order valence-corrected chi connectivity index (χ3v) is 5.02. The van der Waals surface area contributed by atoms with Gasteiger partial charge in [0.1, 0.15) is 11.5 Å². The quantitative estimate of drug-likeness (QED) is 0.461. The van der Waals surface area contributed by atoms with Crippen molar-refractivity contribution in [1.82, 2.24) is 20.0 Å². The van der Waals surface area contributed by atoms with Gasteiger partial charge in [-0.05, 0) is 43.7 Å². The Balaban J connectivity index is 1.79. The number of pyridine rings is 1. The van der Waals surface area contributed by atoms with Crippen LogP contribution in [0.3, 0.4) is 0 Å². The first-order valence-electron chi connectivity index (χ1n) is 9.80. The monoisotopic (exact) mass is 402 g/mol. The number of rotatable bonds is 6. The fraction of sp³-hybridized carbons (Fsp3) is 0.174. The summed E-state index contributed by atoms with van der Waals surface area (Å²) < 4.78 is 16.5. The van der Waals surface area contributed by atoms with Crippen LogP contribution in [0, 0.1) is 12.7 Å². The molecule has 4 aromatic rings. The largest absolute Gasteiger partial charge is 0.397 e. The highest BCUT2D eigenvalue weighted by molar-refractivity contribution is 5.76. The Bertz CT molecular complexity index is 1160. The summed E-state index contributed by atoms with van der Waals surface area (Å²) >= 11 is 0. The molecule has 2 aromatic carbocycles. The van der Waals surface area contributed by atoms with Crippen molar-refractivity contribution in [2.75, 3.05) is 11.1 Å². The molecule has 0 aliphatic rings. The number of hydrogen-bond donors (Lipinski definition) is 2. The molecule has 2 aromatic heterocycles. The Morgan fingerprint density at radius 3 is 2.63 bits per heavy atom. The minimum absolute atomic E-state index is 0.310. The highest BCUT2D eigenvalue weighted by Crippen LogP contribution is 2.33. The molecule has 30 heavy (non-hydrogen) atoms. The van der Waals surface area contributed by atoms with Crippen molar-refractivity contribution in [3.63, 3.8) is 0 Å². The number of aryl methyl sites for hydroxylation is 2. The lowest BCUT2D eigenvalue weighted by molar-refractivity contribution is 0.592. The average Bonchev–Trinajstić information content (AvgIpc) is 3.15. The lowest BCUT2D eigenvalue weighted by Gasteiger charge is -2.22. The second kappa shape index (κ2) is 8.32. The molecule has 1 atom stereocenters. The van der Waals surface area contributed by atoms with Gasteiger partial charge in [-0.1, -0.05) is 41.6 Å². The number of anilines is 2. The molecule has 7 heteroatoms. The second-order valence-corrected chi connectivity index (χ2v) is 7.00. The van der Waals surface area contributed by atoms with Gasteiger partial charge >= 0.3 is 0 Å². The van der Waals surface area contributed by atoms with Gasteiger partial charge < -0.3 is 11.1 Å². The molecule has 0 fully saturated rings. The number of aromatic nitrogens is 4. The molecule has 0 aliphatic carbocycles. The molecule has 0 radical (unpaired) electrons. The number of nitrogens with two attached hydrogens (primary N) is 1. The maximum atomic E-state index is 14.6. The minimum atomic E-state index is -0.500. The summed E-state index contributed by atoms with van der Waals surface area (Å²) in [6.45, 7) is 4.65. The van der Waals surface area contributed by atoms with Crippen LogP contribution in [0.15, 0.2) is 66.9 Å². The van der Waals surface area contributed by atoms with Crippen molar-refractivity contribution in [1.29, 1.82) is 0 Å². The molecule has 0 amide bonds. The van der Waals surface area contributed by atoms with Crippen LogP contribution in [0.4, 0.5) is 15.8 Å². The van der Waals surface area contributed by atoms with Crippen molar-refractivity contribution in [2.45, 2.75) is 26.4 Å². The number of benzene rings is 2. The van der Waals surface area contributed by atoms with Crippen LogP contribution < -0.4 is 11.1 Å². The standard InChI is InChI=1S/C23H23FN6/c1-3-30-23(15(2)28-29-30)17-11-12-19(25)20(14-17)27-21(16-8-5-4-6-9-16)22-18(24)10-7-13-26-22/h4-14,21,27H,3,25H2,1-2H3. The van der Waals surface area contributed by atoms with Gasteiger partial charge in [-0.15, -0.1) is 5.10 Å². The number of halogens is 1. The number of nitrogens with zero attached hydrogens (tertiary/aromatic N) is 4. The Hall–Kier alpha value is -3.74. The van der Waals surface area contributed by atoms with E-state index in [2.05, 4.69) is 20.6 Å². The van der Waals surface area contributed by atoms with Crippen molar-refractivity contribution in [3.8, 4) is 11.3 Å². The van der Waals surface area contributed by atoms with Crippen LogP contribution in [-0.4, -0.2) is 20.0 Å². The first-order chi connectivity index (χ1) is 14.6. The highest BCUT2D eigenvalue weighted by Gasteiger charge is 2.21. The van der Waals surface area contributed by atoms with Crippen molar-refractivity contribution >= 4 is 11.4 Å². The maximum Gasteiger partial charge on any atom is 0.147 e. The third-order valence-electron chi connectivity index (χ3n) is 5.02. The van der Waals surface area contributed by atoms with Gasteiger partial charge in [-0.3, -0.25) is 4.98 Å². The molecular weight excluding hydrogens is 379 g/mol. The molecule has 6 nitrogen and oxygen atoms in total. The van der Waals surface area contributed by atoms with E-state index in [9.17, 15) is 4.39 Å². The molecule has 0 spiro atoms. The smallest absolute Gasteiger partial charge is 0.147 e. The Kier molecular flexibility index (Phi) is 5.43. The van der Waals surface area contributed by atoms with E-state index in [0.29, 0.717) is 23.6 Å². The van der Waals surface area contributed by atoms with Gasteiger partial charge in [0.25, 0.3) is 0 Å². The Morgan fingerprint density at radius 2 is 1.90 bits per heavy atom. The molecule has 152 valence electrons. The SMILES string of the molecule is CCn1nnc(C)c1-c1ccc(N)c(NC(c2ccccc2)c2ncccc2F)c1. The van der Waals surface area contributed by atoms with Crippen LogP contribution in [0.25, 0.3) is 11.3 Å². The highest BCUT2D eigenvalue weighted by atomic mass is 19.1. The zero-order valence-electron chi connectivity index (χ0n) is 16.9. The summed E-state index contributed by atoms with van der Waals surface area (Å²) in [5.74, 6) is -0.377. The molecule has 0 saturated carbocycles. The molecule has 1 unspecified atom stereocenters. The van der Waals surface area contributed by atoms with Crippen molar-refractivity contribution in [3.05, 3.63) is 89.6 Å². The fourth-order valence-electron chi connectivity index (χ4n) is 3.53. The van der Waals surface area contributed by atoms with Crippen molar-refractivity contribution in [2.24, 2.45) is 0 Å². The van der Waals surface area contributed by atoms with E-state index in [1.54, 1.807) is 12.3 Å². The maximum absolute atomic E-state index is 14.6. The zero-order chi connectivity index (χ0) is 21.1. The van der Waals surface area contributed by atoms with E-state index in [4.69, 9.17) is 5.73 Å². The first-order valence-corrected chi connectivity index (χ1v) is 9.80. The zero-order valence-corrected chi connectivity index (χ0v) is 16.9. The Labute approximate surface area is 174 Å². The lowest BCUT2D eigenvalue weighted by Crippen LogP contribution is -2.16. The van der Waals surface area contributed by atoms with E-state index >= 15 is 0 Å². The lowest BCUT2D eigenvalue weighted by atomic mass is 10.0. The second-order valence-electron chi connectivity index (χ2n) is 7.00. The van der Waals surface area contributed by atoms with Crippen LogP contribution in [0.1, 0.15) is 29.9 Å². The molecule has 3 N–H and O–H groups in total. The number of nitrogens with one attached hydrogen (secondary N) is 1. The number of hydrogen-bond acceptors (Lipinski definition) is 5. The van der Waals surface area contributed by atoms with Gasteiger partial charge in [0.05, 0.1) is 28.8 Å². The summed E-state index contributed by atoms with van der Waals surface area (Å²) in [6, 6.07) is 17.8. The summed E-state index contributed by atoms with van der Waals surface area (Å²) in [7, 11) is 0. The molecule has 4 rings (SSSR count). The van der Waals surface area contributed by atoms with E-state index in [1.807, 2.05) is 67.1 Å². The molecule has 0 aliphatic heterocycles. The average molecular weight is 402 g/mol. The predicted molar refractivity (Wildman–Crippen MR) is 116 cm³/mol. The van der Waals surface area contributed by atoms with Gasteiger partial charge in [-0.2, -0.15) is 0 Å². The third kappa shape index (κ3) is 3.74. The number of nitrogen functional groups attached to an aromatic ring is 1. The van der Waals surface area contributed by atoms with Gasteiger partial charge in [0.2, 0.25) is 0 Å². The van der Waals surface area contributed by atoms with Crippen molar-refractivity contribution < 1.29 is 4.39 Å². The van der Waals surface area contributed by atoms with Gasteiger partial charge in [-0.25, -0.2) is 9.07 Å². The summed E-state index contributed by atoms with van der Waals surface area (Å²) in [4.78, 5) is 4.29. The minimum Gasteiger partial charge on any atom is -0.397 e. The van der Waals surface area contributed by atoms with E-state index in [1.165, 1.54) is 6.07 Å². The van der Waals surface area contributed by atoms with Crippen LogP contribution in [0.5, 0.6) is 0 Å². The van der Waals surface area contributed by atoms with E-state index in [-0.39, 0.29) is 5.82 Å². The molecular formula is C23H23FN6. The topological polar surface area (TPSA) is 81.7 Å². The molecule has 2 heterocycles. The fourth-order valence-corrected chi connectivity index (χ4v) is 3.53. The van der Waals surface area contributed by atoms with E-state index < -0.39 is 6.04 Å². The normalized spacial score (nSPS) is 12.0.